The first-order valence-corrected chi connectivity index (χ1v) is 9.31. The maximum atomic E-state index is 12.9. The fourth-order valence-electron chi connectivity index (χ4n) is 3.83. The van der Waals surface area contributed by atoms with Crippen LogP contribution >= 0.6 is 0 Å². The highest BCUT2D eigenvalue weighted by Gasteiger charge is 2.29. The summed E-state index contributed by atoms with van der Waals surface area (Å²) in [5.74, 6) is 0.553. The molecule has 1 saturated heterocycles. The lowest BCUT2D eigenvalue weighted by Gasteiger charge is -2.19. The van der Waals surface area contributed by atoms with E-state index in [2.05, 4.69) is 10.3 Å². The van der Waals surface area contributed by atoms with Crippen LogP contribution in [-0.2, 0) is 20.6 Å². The van der Waals surface area contributed by atoms with Crippen LogP contribution in [-0.4, -0.2) is 49.0 Å². The Kier molecular flexibility index (Phi) is 4.61. The molecule has 0 spiro atoms. The summed E-state index contributed by atoms with van der Waals surface area (Å²) in [5, 5.41) is 11.5. The third-order valence-electron chi connectivity index (χ3n) is 5.31. The van der Waals surface area contributed by atoms with Crippen LogP contribution < -0.4 is 21.5 Å². The molecule has 152 valence electrons. The summed E-state index contributed by atoms with van der Waals surface area (Å²) < 4.78 is 4.26. The van der Waals surface area contributed by atoms with Gasteiger partial charge in [0.1, 0.15) is 0 Å². The van der Waals surface area contributed by atoms with Crippen LogP contribution in [0.4, 0.5) is 10.7 Å². The SMILES string of the molecule is Cn1c(=O)c2c(nc(N3CCC(NC(=O)O)C3)n2Cc2ccccc2)n(C)c1=O. The van der Waals surface area contributed by atoms with Gasteiger partial charge in [0.15, 0.2) is 11.2 Å². The predicted octanol–water partition coefficient (Wildman–Crippen LogP) is 0.328. The smallest absolute Gasteiger partial charge is 0.404 e. The maximum absolute atomic E-state index is 12.9. The summed E-state index contributed by atoms with van der Waals surface area (Å²) in [6.07, 6.45) is -0.427. The summed E-state index contributed by atoms with van der Waals surface area (Å²) in [5.41, 5.74) is 0.813. The zero-order valence-corrected chi connectivity index (χ0v) is 16.2. The van der Waals surface area contributed by atoms with Crippen LogP contribution in [0.2, 0.25) is 0 Å². The van der Waals surface area contributed by atoms with Crippen molar-refractivity contribution >= 4 is 23.2 Å². The van der Waals surface area contributed by atoms with Crippen LogP contribution in [0.3, 0.4) is 0 Å². The summed E-state index contributed by atoms with van der Waals surface area (Å²) in [6.45, 7) is 1.45. The van der Waals surface area contributed by atoms with Gasteiger partial charge in [-0.15, -0.1) is 0 Å². The number of anilines is 1. The molecule has 10 nitrogen and oxygen atoms in total. The van der Waals surface area contributed by atoms with Gasteiger partial charge >= 0.3 is 11.8 Å². The summed E-state index contributed by atoms with van der Waals surface area (Å²) >= 11 is 0. The zero-order valence-electron chi connectivity index (χ0n) is 16.2. The van der Waals surface area contributed by atoms with Gasteiger partial charge in [0.2, 0.25) is 5.95 Å². The molecule has 0 bridgehead atoms. The number of aromatic nitrogens is 4. The average Bonchev–Trinajstić information content (AvgIpc) is 3.30. The van der Waals surface area contributed by atoms with Crippen molar-refractivity contribution in [2.45, 2.75) is 19.0 Å². The molecular formula is C19H22N6O4. The van der Waals surface area contributed by atoms with Crippen molar-refractivity contribution in [3.8, 4) is 0 Å². The van der Waals surface area contributed by atoms with E-state index in [1.165, 1.54) is 11.6 Å². The van der Waals surface area contributed by atoms with Crippen molar-refractivity contribution in [1.82, 2.24) is 24.0 Å². The molecule has 0 radical (unpaired) electrons. The highest BCUT2D eigenvalue weighted by Crippen LogP contribution is 2.24. The minimum absolute atomic E-state index is 0.218. The van der Waals surface area contributed by atoms with E-state index in [0.717, 1.165) is 10.1 Å². The fraction of sp³-hybridized carbons (Fsp3) is 0.368. The van der Waals surface area contributed by atoms with E-state index < -0.39 is 17.3 Å². The van der Waals surface area contributed by atoms with E-state index in [4.69, 9.17) is 5.11 Å². The molecule has 2 aromatic heterocycles. The van der Waals surface area contributed by atoms with Crippen molar-refractivity contribution in [2.75, 3.05) is 18.0 Å². The van der Waals surface area contributed by atoms with Gasteiger partial charge in [-0.3, -0.25) is 18.5 Å². The van der Waals surface area contributed by atoms with Crippen LogP contribution in [0.5, 0.6) is 0 Å². The van der Waals surface area contributed by atoms with E-state index in [0.29, 0.717) is 43.2 Å². The quantitative estimate of drug-likeness (QED) is 0.655. The number of rotatable bonds is 4. The third-order valence-corrected chi connectivity index (χ3v) is 5.31. The van der Waals surface area contributed by atoms with Gasteiger partial charge < -0.3 is 15.3 Å². The van der Waals surface area contributed by atoms with Crippen molar-refractivity contribution in [2.24, 2.45) is 14.1 Å². The molecule has 1 amide bonds. The monoisotopic (exact) mass is 398 g/mol. The lowest BCUT2D eigenvalue weighted by molar-refractivity contribution is 0.191. The number of hydrogen-bond acceptors (Lipinski definition) is 5. The van der Waals surface area contributed by atoms with E-state index in [-0.39, 0.29) is 6.04 Å². The molecule has 3 heterocycles. The van der Waals surface area contributed by atoms with Crippen molar-refractivity contribution < 1.29 is 9.90 Å². The predicted molar refractivity (Wildman–Crippen MR) is 108 cm³/mol. The number of nitrogens with one attached hydrogen (secondary N) is 1. The molecule has 1 fully saturated rings. The Morgan fingerprint density at radius 2 is 1.93 bits per heavy atom. The molecule has 4 rings (SSSR count). The third kappa shape index (κ3) is 3.26. The Balaban J connectivity index is 1.87. The molecule has 1 aromatic carbocycles. The first-order valence-electron chi connectivity index (χ1n) is 9.31. The summed E-state index contributed by atoms with van der Waals surface area (Å²) in [6, 6.07) is 9.46. The van der Waals surface area contributed by atoms with Crippen molar-refractivity contribution in [1.29, 1.82) is 0 Å². The standard InChI is InChI=1S/C19H22N6O4/c1-22-15-14(16(26)23(2)19(22)29)25(10-12-6-4-3-5-7-12)17(21-15)24-9-8-13(11-24)20-18(27)28/h3-7,13,20H,8-11H2,1-2H3,(H,27,28). The number of carboxylic acid groups (broad SMARTS) is 1. The van der Waals surface area contributed by atoms with E-state index >= 15 is 0 Å². The molecule has 1 atom stereocenters. The average molecular weight is 398 g/mol. The second kappa shape index (κ2) is 7.12. The highest BCUT2D eigenvalue weighted by atomic mass is 16.4. The number of carbonyl (C=O) groups is 1. The lowest BCUT2D eigenvalue weighted by Crippen LogP contribution is -2.37. The summed E-state index contributed by atoms with van der Waals surface area (Å²) in [7, 11) is 3.04. The Hall–Kier alpha value is -3.56. The molecule has 1 aliphatic rings. The Morgan fingerprint density at radius 3 is 2.62 bits per heavy atom. The molecule has 2 N–H and O–H groups in total. The van der Waals surface area contributed by atoms with Gasteiger partial charge in [0, 0.05) is 27.2 Å². The second-order valence-electron chi connectivity index (χ2n) is 7.24. The number of aryl methyl sites for hydroxylation is 1. The maximum Gasteiger partial charge on any atom is 0.404 e. The number of imidazole rings is 1. The van der Waals surface area contributed by atoms with E-state index in [9.17, 15) is 14.4 Å². The van der Waals surface area contributed by atoms with Crippen LogP contribution in [0.15, 0.2) is 39.9 Å². The minimum atomic E-state index is -1.06. The van der Waals surface area contributed by atoms with Crippen LogP contribution in [0.25, 0.3) is 11.2 Å². The Labute approximate surface area is 165 Å². The molecule has 3 aromatic rings. The molecule has 0 aliphatic carbocycles. The highest BCUT2D eigenvalue weighted by molar-refractivity contribution is 5.75. The first-order chi connectivity index (χ1) is 13.9. The molecule has 10 heteroatoms. The molecule has 1 unspecified atom stereocenters. The number of nitrogens with zero attached hydrogens (tertiary/aromatic N) is 5. The number of amides is 1. The summed E-state index contributed by atoms with van der Waals surface area (Å²) in [4.78, 5) is 42.9. The molecular weight excluding hydrogens is 376 g/mol. The largest absolute Gasteiger partial charge is 0.465 e. The van der Waals surface area contributed by atoms with Gasteiger partial charge in [-0.25, -0.2) is 9.59 Å². The molecule has 1 aliphatic heterocycles. The first kappa shape index (κ1) is 18.8. The lowest BCUT2D eigenvalue weighted by atomic mass is 10.2. The molecule has 0 saturated carbocycles. The topological polar surface area (TPSA) is 114 Å². The Bertz CT molecular complexity index is 1190. The van der Waals surface area contributed by atoms with Crippen molar-refractivity contribution in [3.05, 3.63) is 56.7 Å². The van der Waals surface area contributed by atoms with Crippen LogP contribution in [0, 0.1) is 0 Å². The van der Waals surface area contributed by atoms with E-state index in [1.54, 1.807) is 7.05 Å². The normalized spacial score (nSPS) is 16.5. The number of hydrogen-bond donors (Lipinski definition) is 2. The van der Waals surface area contributed by atoms with Crippen molar-refractivity contribution in [3.63, 3.8) is 0 Å². The number of fused-ring (bicyclic) bond motifs is 1. The zero-order chi connectivity index (χ0) is 20.7. The van der Waals surface area contributed by atoms with Gasteiger partial charge in [-0.1, -0.05) is 30.3 Å². The second-order valence-corrected chi connectivity index (χ2v) is 7.24. The van der Waals surface area contributed by atoms with Gasteiger partial charge in [0.25, 0.3) is 5.56 Å². The molecule has 29 heavy (non-hydrogen) atoms. The van der Waals surface area contributed by atoms with Gasteiger partial charge in [-0.05, 0) is 12.0 Å². The van der Waals surface area contributed by atoms with Gasteiger partial charge in [-0.2, -0.15) is 4.98 Å². The van der Waals surface area contributed by atoms with Crippen LogP contribution in [0.1, 0.15) is 12.0 Å². The van der Waals surface area contributed by atoms with E-state index in [1.807, 2.05) is 39.8 Å². The number of benzene rings is 1. The van der Waals surface area contributed by atoms with Gasteiger partial charge in [0.05, 0.1) is 12.6 Å². The minimum Gasteiger partial charge on any atom is -0.465 e. The Morgan fingerprint density at radius 1 is 1.21 bits per heavy atom. The fourth-order valence-corrected chi connectivity index (χ4v) is 3.83.